The molecule has 2 rings (SSSR count). The fourth-order valence-corrected chi connectivity index (χ4v) is 3.62. The van der Waals surface area contributed by atoms with Crippen molar-refractivity contribution in [2.75, 3.05) is 13.2 Å². The maximum absolute atomic E-state index is 8.71. The topological polar surface area (TPSA) is 23.5 Å². The highest BCUT2D eigenvalue weighted by Crippen LogP contribution is 2.23. The summed E-state index contributed by atoms with van der Waals surface area (Å²) in [5.41, 5.74) is 1.04. The third kappa shape index (κ3) is 4.35. The number of rotatable bonds is 3. The van der Waals surface area contributed by atoms with Gasteiger partial charge in [-0.05, 0) is 31.9 Å². The van der Waals surface area contributed by atoms with Crippen LogP contribution in [0.25, 0.3) is 0 Å². The number of hydrogen-bond acceptors (Lipinski definition) is 3. The SMILES string of the molecule is CCC1CCCCCN1Cc1cc(C#CCO)cs1. The summed E-state index contributed by atoms with van der Waals surface area (Å²) in [7, 11) is 0. The summed E-state index contributed by atoms with van der Waals surface area (Å²) >= 11 is 1.79. The molecule has 1 aromatic heterocycles. The Balaban J connectivity index is 1.99. The first-order chi connectivity index (χ1) is 9.33. The van der Waals surface area contributed by atoms with Gasteiger partial charge >= 0.3 is 0 Å². The van der Waals surface area contributed by atoms with Crippen molar-refractivity contribution in [2.45, 2.75) is 51.6 Å². The Kier molecular flexibility index (Phi) is 5.91. The lowest BCUT2D eigenvalue weighted by Gasteiger charge is -2.28. The predicted octanol–water partition coefficient (Wildman–Crippen LogP) is 3.25. The summed E-state index contributed by atoms with van der Waals surface area (Å²) in [4.78, 5) is 4.03. The lowest BCUT2D eigenvalue weighted by atomic mass is 10.1. The second-order valence-electron chi connectivity index (χ2n) is 5.14. The highest BCUT2D eigenvalue weighted by atomic mass is 32.1. The van der Waals surface area contributed by atoms with Gasteiger partial charge in [0, 0.05) is 28.4 Å². The molecular formula is C16H23NOS. The number of aliphatic hydroxyl groups is 1. The van der Waals surface area contributed by atoms with Crippen molar-refractivity contribution in [1.29, 1.82) is 0 Å². The van der Waals surface area contributed by atoms with Crippen LogP contribution in [-0.4, -0.2) is 29.2 Å². The van der Waals surface area contributed by atoms with Gasteiger partial charge in [-0.25, -0.2) is 0 Å². The van der Waals surface area contributed by atoms with Crippen LogP contribution in [0.3, 0.4) is 0 Å². The smallest absolute Gasteiger partial charge is 0.104 e. The van der Waals surface area contributed by atoms with E-state index in [0.717, 1.165) is 18.2 Å². The summed E-state index contributed by atoms with van der Waals surface area (Å²) in [5.74, 6) is 5.69. The summed E-state index contributed by atoms with van der Waals surface area (Å²) in [6, 6.07) is 2.92. The van der Waals surface area contributed by atoms with Crippen LogP contribution in [0.4, 0.5) is 0 Å². The third-order valence-electron chi connectivity index (χ3n) is 3.79. The standard InChI is InChI=1S/C16H23NOS/c1-2-15-8-4-3-5-9-17(15)12-16-11-14(13-19-16)7-6-10-18/h11,13,15,18H,2-5,8-10,12H2,1H3. The molecule has 1 N–H and O–H groups in total. The molecule has 3 heteroatoms. The van der Waals surface area contributed by atoms with Gasteiger partial charge < -0.3 is 5.11 Å². The predicted molar refractivity (Wildman–Crippen MR) is 81.2 cm³/mol. The van der Waals surface area contributed by atoms with E-state index in [1.54, 1.807) is 11.3 Å². The van der Waals surface area contributed by atoms with Crippen LogP contribution < -0.4 is 0 Å². The second kappa shape index (κ2) is 7.69. The van der Waals surface area contributed by atoms with Crippen molar-refractivity contribution >= 4 is 11.3 Å². The van der Waals surface area contributed by atoms with Crippen LogP contribution in [0.5, 0.6) is 0 Å². The van der Waals surface area contributed by atoms with Gasteiger partial charge in [0.25, 0.3) is 0 Å². The Morgan fingerprint density at radius 1 is 1.42 bits per heavy atom. The first-order valence-electron chi connectivity index (χ1n) is 7.24. The normalized spacial score (nSPS) is 20.6. The zero-order chi connectivity index (χ0) is 13.5. The third-order valence-corrected chi connectivity index (χ3v) is 4.72. The summed E-state index contributed by atoms with van der Waals surface area (Å²) in [6.45, 7) is 4.53. The average molecular weight is 277 g/mol. The van der Waals surface area contributed by atoms with Gasteiger partial charge in [-0.3, -0.25) is 4.90 Å². The molecule has 0 bridgehead atoms. The highest BCUT2D eigenvalue weighted by Gasteiger charge is 2.19. The van der Waals surface area contributed by atoms with E-state index in [-0.39, 0.29) is 6.61 Å². The fraction of sp³-hybridized carbons (Fsp3) is 0.625. The van der Waals surface area contributed by atoms with Crippen LogP contribution >= 0.6 is 11.3 Å². The minimum Gasteiger partial charge on any atom is -0.384 e. The monoisotopic (exact) mass is 277 g/mol. The summed E-state index contributed by atoms with van der Waals surface area (Å²) in [5, 5.41) is 10.8. The van der Waals surface area contributed by atoms with Crippen LogP contribution in [0.1, 0.15) is 49.5 Å². The van der Waals surface area contributed by atoms with Crippen molar-refractivity contribution in [3.05, 3.63) is 21.9 Å². The van der Waals surface area contributed by atoms with Crippen molar-refractivity contribution < 1.29 is 5.11 Å². The van der Waals surface area contributed by atoms with Crippen molar-refractivity contribution in [3.63, 3.8) is 0 Å². The van der Waals surface area contributed by atoms with Crippen molar-refractivity contribution in [3.8, 4) is 11.8 Å². The van der Waals surface area contributed by atoms with Gasteiger partial charge in [0.15, 0.2) is 0 Å². The Bertz CT molecular complexity index is 443. The number of aliphatic hydroxyl groups excluding tert-OH is 1. The first kappa shape index (κ1) is 14.6. The van der Waals surface area contributed by atoms with Crippen LogP contribution in [0, 0.1) is 11.8 Å². The zero-order valence-electron chi connectivity index (χ0n) is 11.7. The molecule has 1 fully saturated rings. The van der Waals surface area contributed by atoms with E-state index in [1.807, 2.05) is 0 Å². The van der Waals surface area contributed by atoms with Gasteiger partial charge in [-0.15, -0.1) is 11.3 Å². The summed E-state index contributed by atoms with van der Waals surface area (Å²) < 4.78 is 0. The van der Waals surface area contributed by atoms with Crippen molar-refractivity contribution in [1.82, 2.24) is 4.90 Å². The Hall–Kier alpha value is -0.820. The second-order valence-corrected chi connectivity index (χ2v) is 6.14. The molecule has 0 aliphatic carbocycles. The summed E-state index contributed by atoms with van der Waals surface area (Å²) in [6.07, 6.45) is 6.69. The number of thiophene rings is 1. The lowest BCUT2D eigenvalue weighted by molar-refractivity contribution is 0.188. The molecular weight excluding hydrogens is 254 g/mol. The molecule has 0 saturated carbocycles. The van der Waals surface area contributed by atoms with Gasteiger partial charge in [0.1, 0.15) is 6.61 Å². The van der Waals surface area contributed by atoms with Gasteiger partial charge in [-0.1, -0.05) is 31.6 Å². The largest absolute Gasteiger partial charge is 0.384 e. The maximum atomic E-state index is 8.71. The minimum absolute atomic E-state index is 0.0603. The molecule has 1 unspecified atom stereocenters. The van der Waals surface area contributed by atoms with E-state index in [2.05, 4.69) is 35.1 Å². The minimum atomic E-state index is -0.0603. The van der Waals surface area contributed by atoms with E-state index >= 15 is 0 Å². The molecule has 0 amide bonds. The molecule has 1 aliphatic heterocycles. The Morgan fingerprint density at radius 3 is 3.11 bits per heavy atom. The molecule has 2 nitrogen and oxygen atoms in total. The Labute approximate surface area is 120 Å². The Morgan fingerprint density at radius 2 is 2.32 bits per heavy atom. The maximum Gasteiger partial charge on any atom is 0.104 e. The van der Waals surface area contributed by atoms with Crippen LogP contribution in [0.2, 0.25) is 0 Å². The van der Waals surface area contributed by atoms with Gasteiger partial charge in [-0.2, -0.15) is 0 Å². The van der Waals surface area contributed by atoms with E-state index in [1.165, 1.54) is 43.5 Å². The lowest BCUT2D eigenvalue weighted by Crippen LogP contribution is -2.33. The number of likely N-dealkylation sites (tertiary alicyclic amines) is 1. The molecule has 1 aliphatic rings. The molecule has 19 heavy (non-hydrogen) atoms. The van der Waals surface area contributed by atoms with Crippen molar-refractivity contribution in [2.24, 2.45) is 0 Å². The molecule has 1 aromatic rings. The number of hydrogen-bond donors (Lipinski definition) is 1. The average Bonchev–Trinajstić information content (AvgIpc) is 2.74. The number of nitrogens with zero attached hydrogens (tertiary/aromatic N) is 1. The zero-order valence-corrected chi connectivity index (χ0v) is 12.5. The first-order valence-corrected chi connectivity index (χ1v) is 8.12. The molecule has 0 spiro atoms. The molecule has 2 heterocycles. The van der Waals surface area contributed by atoms with Crippen LogP contribution in [-0.2, 0) is 6.54 Å². The quantitative estimate of drug-likeness (QED) is 0.857. The van der Waals surface area contributed by atoms with E-state index < -0.39 is 0 Å². The van der Waals surface area contributed by atoms with E-state index in [4.69, 9.17) is 5.11 Å². The molecule has 0 aromatic carbocycles. The van der Waals surface area contributed by atoms with Gasteiger partial charge in [0.05, 0.1) is 0 Å². The molecule has 104 valence electrons. The fourth-order valence-electron chi connectivity index (χ4n) is 2.78. The van der Waals surface area contributed by atoms with E-state index in [0.29, 0.717) is 0 Å². The molecule has 1 saturated heterocycles. The molecule has 0 radical (unpaired) electrons. The van der Waals surface area contributed by atoms with Gasteiger partial charge in [0.2, 0.25) is 0 Å². The highest BCUT2D eigenvalue weighted by molar-refractivity contribution is 7.10. The molecule has 1 atom stereocenters. The van der Waals surface area contributed by atoms with Crippen LogP contribution in [0.15, 0.2) is 11.4 Å². The van der Waals surface area contributed by atoms with E-state index in [9.17, 15) is 0 Å².